The summed E-state index contributed by atoms with van der Waals surface area (Å²) < 4.78 is 7.58. The van der Waals surface area contributed by atoms with Crippen molar-refractivity contribution >= 4 is 28.6 Å². The quantitative estimate of drug-likeness (QED) is 0.688. The zero-order valence-electron chi connectivity index (χ0n) is 12.0. The Bertz CT molecular complexity index is 897. The monoisotopic (exact) mass is 313 g/mol. The molecule has 0 spiro atoms. The number of aromatic nitrogens is 4. The van der Waals surface area contributed by atoms with Crippen molar-refractivity contribution in [3.63, 3.8) is 0 Å². The maximum absolute atomic E-state index is 7.01. The summed E-state index contributed by atoms with van der Waals surface area (Å²) in [6.07, 6.45) is 3.91. The van der Waals surface area contributed by atoms with Gasteiger partial charge in [-0.1, -0.05) is 25.1 Å². The Labute approximate surface area is 132 Å². The van der Waals surface area contributed by atoms with E-state index in [4.69, 9.17) is 22.9 Å². The maximum atomic E-state index is 7.01. The average Bonchev–Trinajstić information content (AvgIpc) is 2.90. The number of rotatable bonds is 3. The molecule has 0 atom stereocenters. The van der Waals surface area contributed by atoms with Crippen LogP contribution in [0.5, 0.6) is 11.6 Å². The predicted octanol–water partition coefficient (Wildman–Crippen LogP) is 3.92. The highest BCUT2D eigenvalue weighted by molar-refractivity contribution is 6.34. The molecule has 0 saturated heterocycles. The Hall–Kier alpha value is -2.65. The Kier molecular flexibility index (Phi) is 3.65. The molecule has 0 aliphatic rings. The van der Waals surface area contributed by atoms with Gasteiger partial charge in [0.2, 0.25) is 5.88 Å². The number of ether oxygens (including phenoxy) is 1. The molecule has 0 aliphatic carbocycles. The van der Waals surface area contributed by atoms with Gasteiger partial charge in [-0.25, -0.2) is 4.98 Å². The Morgan fingerprint density at radius 2 is 2.18 bits per heavy atom. The van der Waals surface area contributed by atoms with Crippen molar-refractivity contribution in [3.05, 3.63) is 46.7 Å². The normalized spacial score (nSPS) is 10.6. The summed E-state index contributed by atoms with van der Waals surface area (Å²) in [6.45, 7) is 9.00. The van der Waals surface area contributed by atoms with E-state index in [9.17, 15) is 0 Å². The lowest BCUT2D eigenvalue weighted by molar-refractivity contribution is 0.457. The first-order valence-corrected chi connectivity index (χ1v) is 7.02. The molecule has 6 nitrogen and oxygen atoms in total. The van der Waals surface area contributed by atoms with Crippen LogP contribution < -0.4 is 4.74 Å². The number of halogens is 1. The fourth-order valence-electron chi connectivity index (χ4n) is 2.10. The van der Waals surface area contributed by atoms with Crippen molar-refractivity contribution in [1.29, 1.82) is 0 Å². The van der Waals surface area contributed by atoms with Crippen molar-refractivity contribution in [2.24, 2.45) is 7.05 Å². The minimum atomic E-state index is 0.345. The van der Waals surface area contributed by atoms with E-state index in [2.05, 4.69) is 19.8 Å². The number of pyridine rings is 2. The van der Waals surface area contributed by atoms with Crippen LogP contribution in [0.15, 0.2) is 24.7 Å². The topological polar surface area (TPSA) is 57.2 Å². The van der Waals surface area contributed by atoms with E-state index in [0.717, 1.165) is 12.0 Å². The first kappa shape index (κ1) is 14.3. The van der Waals surface area contributed by atoms with E-state index < -0.39 is 0 Å². The van der Waals surface area contributed by atoms with E-state index in [1.165, 1.54) is 6.20 Å². The number of aryl methyl sites for hydroxylation is 2. The largest absolute Gasteiger partial charge is 0.435 e. The van der Waals surface area contributed by atoms with E-state index >= 15 is 0 Å². The average molecular weight is 314 g/mol. The highest BCUT2D eigenvalue weighted by Gasteiger charge is 2.13. The van der Waals surface area contributed by atoms with Gasteiger partial charge < -0.3 is 14.1 Å². The van der Waals surface area contributed by atoms with Crippen molar-refractivity contribution in [2.75, 3.05) is 0 Å². The summed E-state index contributed by atoms with van der Waals surface area (Å²) in [6, 6.07) is 3.34. The summed E-state index contributed by atoms with van der Waals surface area (Å²) in [7, 11) is 1.84. The van der Waals surface area contributed by atoms with Gasteiger partial charge in [0.15, 0.2) is 17.6 Å². The zero-order valence-corrected chi connectivity index (χ0v) is 12.8. The van der Waals surface area contributed by atoms with Gasteiger partial charge in [-0.2, -0.15) is 4.98 Å². The van der Waals surface area contributed by atoms with Gasteiger partial charge in [-0.05, 0) is 18.1 Å². The maximum Gasteiger partial charge on any atom is 0.270 e. The highest BCUT2D eigenvalue weighted by atomic mass is 35.5. The predicted molar refractivity (Wildman–Crippen MR) is 83.5 cm³/mol. The molecule has 3 rings (SSSR count). The number of imidazole rings is 1. The van der Waals surface area contributed by atoms with Gasteiger partial charge in [0.25, 0.3) is 5.82 Å². The van der Waals surface area contributed by atoms with Gasteiger partial charge in [-0.15, -0.1) is 4.98 Å². The second-order valence-corrected chi connectivity index (χ2v) is 5.09. The molecule has 3 heterocycles. The number of hydrogen-bond donors (Lipinski definition) is 0. The van der Waals surface area contributed by atoms with Crippen LogP contribution >= 0.6 is 11.6 Å². The molecular weight excluding hydrogens is 302 g/mol. The molecule has 0 saturated carbocycles. The van der Waals surface area contributed by atoms with Crippen molar-refractivity contribution < 1.29 is 4.74 Å². The molecule has 0 amide bonds. The summed E-state index contributed by atoms with van der Waals surface area (Å²) in [5.41, 5.74) is 2.17. The summed E-state index contributed by atoms with van der Waals surface area (Å²) in [4.78, 5) is 16.0. The first-order chi connectivity index (χ1) is 10.6. The Balaban J connectivity index is 2.03. The fraction of sp³-hybridized carbons (Fsp3) is 0.200. The van der Waals surface area contributed by atoms with Gasteiger partial charge in [0.1, 0.15) is 5.52 Å². The lowest BCUT2D eigenvalue weighted by Crippen LogP contribution is -1.96. The summed E-state index contributed by atoms with van der Waals surface area (Å²) in [5.74, 6) is 1.28. The van der Waals surface area contributed by atoms with Crippen molar-refractivity contribution in [3.8, 4) is 11.6 Å². The van der Waals surface area contributed by atoms with Gasteiger partial charge in [0.05, 0.1) is 11.3 Å². The molecule has 0 fully saturated rings. The molecule has 0 radical (unpaired) electrons. The van der Waals surface area contributed by atoms with Crippen LogP contribution in [0.3, 0.4) is 0 Å². The molecule has 7 heteroatoms. The lowest BCUT2D eigenvalue weighted by Gasteiger charge is -2.08. The Morgan fingerprint density at radius 1 is 1.36 bits per heavy atom. The fourth-order valence-corrected chi connectivity index (χ4v) is 2.33. The molecule has 110 valence electrons. The molecule has 3 aromatic heterocycles. The molecule has 3 aromatic rings. The van der Waals surface area contributed by atoms with Crippen LogP contribution in [0, 0.1) is 6.57 Å². The SMILES string of the molecule is [C-]#[N+]c1cc(CC)c(Oc2cc(Cl)c3ncn(C)c3n2)cn1. The second-order valence-electron chi connectivity index (χ2n) is 4.69. The molecule has 0 N–H and O–H groups in total. The Morgan fingerprint density at radius 3 is 2.91 bits per heavy atom. The molecule has 0 aromatic carbocycles. The number of hydrogen-bond acceptors (Lipinski definition) is 4. The highest BCUT2D eigenvalue weighted by Crippen LogP contribution is 2.30. The molecule has 0 unspecified atom stereocenters. The molecule has 0 bridgehead atoms. The van der Waals surface area contributed by atoms with Gasteiger partial charge in [-0.3, -0.25) is 0 Å². The van der Waals surface area contributed by atoms with E-state index in [-0.39, 0.29) is 0 Å². The molecular formula is C15H12ClN5O. The van der Waals surface area contributed by atoms with Crippen molar-refractivity contribution in [1.82, 2.24) is 19.5 Å². The molecule has 22 heavy (non-hydrogen) atoms. The van der Waals surface area contributed by atoms with Gasteiger partial charge in [0, 0.05) is 13.1 Å². The number of fused-ring (bicyclic) bond motifs is 1. The summed E-state index contributed by atoms with van der Waals surface area (Å²) >= 11 is 6.21. The van der Waals surface area contributed by atoms with Crippen LogP contribution in [-0.2, 0) is 13.5 Å². The third-order valence-corrected chi connectivity index (χ3v) is 3.53. The third-order valence-electron chi connectivity index (χ3n) is 3.24. The van der Waals surface area contributed by atoms with Crippen LogP contribution in [0.25, 0.3) is 16.0 Å². The van der Waals surface area contributed by atoms with Crippen molar-refractivity contribution in [2.45, 2.75) is 13.3 Å². The third kappa shape index (κ3) is 2.47. The van der Waals surface area contributed by atoms with Crippen LogP contribution in [0.4, 0.5) is 5.82 Å². The standard InChI is InChI=1S/C15H12ClN5O/c1-4-9-5-12(17-2)18-7-11(9)22-13-6-10(16)14-15(20-13)21(3)8-19-14/h5-8H,4H2,1,3H3. The van der Waals surface area contributed by atoms with E-state index in [1.54, 1.807) is 23.0 Å². The lowest BCUT2D eigenvalue weighted by atomic mass is 10.2. The smallest absolute Gasteiger partial charge is 0.270 e. The van der Waals surface area contributed by atoms with Crippen LogP contribution in [-0.4, -0.2) is 19.5 Å². The van der Waals surface area contributed by atoms with E-state index in [0.29, 0.717) is 33.6 Å². The minimum absolute atomic E-state index is 0.345. The second kappa shape index (κ2) is 5.62. The van der Waals surface area contributed by atoms with Crippen LogP contribution in [0.1, 0.15) is 12.5 Å². The minimum Gasteiger partial charge on any atom is -0.435 e. The van der Waals surface area contributed by atoms with Crippen LogP contribution in [0.2, 0.25) is 5.02 Å². The van der Waals surface area contributed by atoms with E-state index in [1.807, 2.05) is 14.0 Å². The summed E-state index contributed by atoms with van der Waals surface area (Å²) in [5, 5.41) is 0.476. The van der Waals surface area contributed by atoms with Gasteiger partial charge >= 0.3 is 0 Å². The number of nitrogens with zero attached hydrogens (tertiary/aromatic N) is 5. The first-order valence-electron chi connectivity index (χ1n) is 6.64. The zero-order chi connectivity index (χ0) is 15.7. The molecule has 0 aliphatic heterocycles.